The summed E-state index contributed by atoms with van der Waals surface area (Å²) in [6.07, 6.45) is 1.03. The number of benzene rings is 1. The fourth-order valence-electron chi connectivity index (χ4n) is 0.788. The van der Waals surface area contributed by atoms with Gasteiger partial charge in [0, 0.05) is 10.7 Å². The van der Waals surface area contributed by atoms with Crippen LogP contribution < -0.4 is 0 Å². The van der Waals surface area contributed by atoms with E-state index in [1.807, 2.05) is 0 Å². The topological polar surface area (TPSA) is 34.1 Å². The summed E-state index contributed by atoms with van der Waals surface area (Å²) in [5.41, 5.74) is 0. The second-order valence-corrected chi connectivity index (χ2v) is 6.16. The third-order valence-corrected chi connectivity index (χ3v) is 4.04. The van der Waals surface area contributed by atoms with Crippen molar-refractivity contribution in [1.29, 1.82) is 0 Å². The molecule has 0 N–H and O–H groups in total. The molecule has 0 fully saturated rings. The Labute approximate surface area is 92.3 Å². The first-order chi connectivity index (χ1) is 5.82. The molecule has 0 saturated heterocycles. The summed E-state index contributed by atoms with van der Waals surface area (Å²) >= 11 is 5.99. The smallest absolute Gasteiger partial charge is 0.176 e. The molecule has 6 heteroatoms. The van der Waals surface area contributed by atoms with E-state index in [4.69, 9.17) is 0 Å². The lowest BCUT2D eigenvalue weighted by molar-refractivity contribution is 0.593. The predicted molar refractivity (Wildman–Crippen MR) is 54.9 cm³/mol. The van der Waals surface area contributed by atoms with Crippen molar-refractivity contribution in [1.82, 2.24) is 0 Å². The van der Waals surface area contributed by atoms with E-state index in [1.54, 1.807) is 0 Å². The minimum Gasteiger partial charge on any atom is -0.224 e. The maximum atomic E-state index is 13.0. The third kappa shape index (κ3) is 2.51. The molecule has 1 aromatic rings. The molecule has 0 saturated carbocycles. The molecular weight excluding hydrogens is 327 g/mol. The lowest BCUT2D eigenvalue weighted by Gasteiger charge is -2.03. The van der Waals surface area contributed by atoms with Crippen LogP contribution >= 0.6 is 31.9 Å². The second kappa shape index (κ2) is 3.67. The monoisotopic (exact) mass is 330 g/mol. The van der Waals surface area contributed by atoms with Crippen LogP contribution in [-0.4, -0.2) is 14.7 Å². The minimum atomic E-state index is -3.38. The van der Waals surface area contributed by atoms with E-state index in [-0.39, 0.29) is 9.37 Å². The van der Waals surface area contributed by atoms with E-state index in [9.17, 15) is 12.8 Å². The number of halogens is 3. The zero-order valence-electron chi connectivity index (χ0n) is 6.51. The lowest BCUT2D eigenvalue weighted by atomic mass is 10.3. The molecule has 2 nitrogen and oxygen atoms in total. The van der Waals surface area contributed by atoms with Gasteiger partial charge < -0.3 is 0 Å². The fourth-order valence-corrected chi connectivity index (χ4v) is 3.40. The van der Waals surface area contributed by atoms with Gasteiger partial charge in [0.25, 0.3) is 0 Å². The minimum absolute atomic E-state index is 0.0480. The van der Waals surface area contributed by atoms with Gasteiger partial charge in [0.15, 0.2) is 9.84 Å². The van der Waals surface area contributed by atoms with E-state index < -0.39 is 15.7 Å². The average molecular weight is 332 g/mol. The Morgan fingerprint density at radius 2 is 1.77 bits per heavy atom. The summed E-state index contributed by atoms with van der Waals surface area (Å²) in [4.78, 5) is -0.0480. The van der Waals surface area contributed by atoms with Gasteiger partial charge in [-0.15, -0.1) is 0 Å². The Kier molecular flexibility index (Phi) is 3.14. The maximum absolute atomic E-state index is 13.0. The largest absolute Gasteiger partial charge is 0.224 e. The van der Waals surface area contributed by atoms with Crippen LogP contribution in [0.15, 0.2) is 26.0 Å². The highest BCUT2D eigenvalue weighted by Gasteiger charge is 2.14. The molecule has 0 aliphatic carbocycles. The molecule has 0 aliphatic rings. The van der Waals surface area contributed by atoms with Gasteiger partial charge in [-0.1, -0.05) is 0 Å². The van der Waals surface area contributed by atoms with Crippen molar-refractivity contribution in [2.45, 2.75) is 4.90 Å². The molecule has 0 heterocycles. The van der Waals surface area contributed by atoms with Gasteiger partial charge in [0.2, 0.25) is 0 Å². The van der Waals surface area contributed by atoms with Crippen LogP contribution in [0.2, 0.25) is 0 Å². The van der Waals surface area contributed by atoms with Crippen molar-refractivity contribution in [3.8, 4) is 0 Å². The summed E-state index contributed by atoms with van der Waals surface area (Å²) < 4.78 is 35.7. The highest BCUT2D eigenvalue weighted by atomic mass is 79.9. The van der Waals surface area contributed by atoms with E-state index in [2.05, 4.69) is 31.9 Å². The Morgan fingerprint density at radius 1 is 1.23 bits per heavy atom. The normalized spacial score (nSPS) is 11.7. The van der Waals surface area contributed by atoms with Gasteiger partial charge in [-0.05, 0) is 44.0 Å². The van der Waals surface area contributed by atoms with Crippen LogP contribution in [-0.2, 0) is 9.84 Å². The third-order valence-electron chi connectivity index (χ3n) is 1.37. The van der Waals surface area contributed by atoms with Crippen molar-refractivity contribution < 1.29 is 12.8 Å². The molecule has 0 radical (unpaired) electrons. The van der Waals surface area contributed by atoms with Crippen molar-refractivity contribution in [2.24, 2.45) is 0 Å². The molecule has 1 aromatic carbocycles. The fraction of sp³-hybridized carbons (Fsp3) is 0.143. The second-order valence-electron chi connectivity index (χ2n) is 2.47. The van der Waals surface area contributed by atoms with Gasteiger partial charge in [-0.3, -0.25) is 0 Å². The van der Waals surface area contributed by atoms with Gasteiger partial charge in [0.1, 0.15) is 5.82 Å². The van der Waals surface area contributed by atoms with Crippen molar-refractivity contribution in [2.75, 3.05) is 6.26 Å². The first kappa shape index (κ1) is 11.1. The van der Waals surface area contributed by atoms with Crippen molar-refractivity contribution >= 4 is 41.7 Å². The number of hydrogen-bond donors (Lipinski definition) is 0. The zero-order chi connectivity index (χ0) is 10.2. The number of hydrogen-bond acceptors (Lipinski definition) is 2. The Bertz CT molecular complexity index is 442. The number of sulfone groups is 1. The van der Waals surface area contributed by atoms with Crippen LogP contribution in [0, 0.1) is 5.82 Å². The lowest BCUT2D eigenvalue weighted by Crippen LogP contribution is -1.99. The molecule has 1 rings (SSSR count). The molecule has 0 spiro atoms. The van der Waals surface area contributed by atoms with Crippen LogP contribution in [0.25, 0.3) is 0 Å². The van der Waals surface area contributed by atoms with E-state index in [1.165, 1.54) is 6.07 Å². The molecule has 0 aromatic heterocycles. The van der Waals surface area contributed by atoms with Gasteiger partial charge in [0.05, 0.1) is 9.37 Å². The average Bonchev–Trinajstić information content (AvgIpc) is 1.94. The predicted octanol–water partition coefficient (Wildman–Crippen LogP) is 2.75. The molecule has 0 bridgehead atoms. The highest BCUT2D eigenvalue weighted by Crippen LogP contribution is 2.28. The van der Waals surface area contributed by atoms with Gasteiger partial charge >= 0.3 is 0 Å². The van der Waals surface area contributed by atoms with Gasteiger partial charge in [-0.25, -0.2) is 12.8 Å². The molecular formula is C7H5Br2FO2S. The van der Waals surface area contributed by atoms with Crippen LogP contribution in [0.1, 0.15) is 0 Å². The SMILES string of the molecule is CS(=O)(=O)c1cc(F)c(Br)cc1Br. The standard InChI is InChI=1S/C7H5Br2FO2S/c1-13(11,12)7-3-6(10)4(8)2-5(7)9/h2-3H,1H3. The van der Waals surface area contributed by atoms with Crippen LogP contribution in [0.4, 0.5) is 4.39 Å². The Hall–Kier alpha value is 0.0600. The summed E-state index contributed by atoms with van der Waals surface area (Å²) in [6, 6.07) is 2.34. The molecule has 0 unspecified atom stereocenters. The maximum Gasteiger partial charge on any atom is 0.176 e. The quantitative estimate of drug-likeness (QED) is 0.741. The van der Waals surface area contributed by atoms with Crippen molar-refractivity contribution in [3.63, 3.8) is 0 Å². The molecule has 13 heavy (non-hydrogen) atoms. The molecule has 0 amide bonds. The molecule has 0 aliphatic heterocycles. The Morgan fingerprint density at radius 3 is 2.23 bits per heavy atom. The summed E-state index contributed by atoms with van der Waals surface area (Å²) in [6.45, 7) is 0. The molecule has 72 valence electrons. The molecule has 0 atom stereocenters. The summed E-state index contributed by atoms with van der Waals surface area (Å²) in [7, 11) is -3.38. The first-order valence-electron chi connectivity index (χ1n) is 3.17. The highest BCUT2D eigenvalue weighted by molar-refractivity contribution is 9.11. The van der Waals surface area contributed by atoms with Gasteiger partial charge in [-0.2, -0.15) is 0 Å². The number of rotatable bonds is 1. The van der Waals surface area contributed by atoms with Crippen LogP contribution in [0.3, 0.4) is 0 Å². The van der Waals surface area contributed by atoms with E-state index in [0.717, 1.165) is 12.3 Å². The first-order valence-corrected chi connectivity index (χ1v) is 6.64. The van der Waals surface area contributed by atoms with E-state index >= 15 is 0 Å². The van der Waals surface area contributed by atoms with Crippen LogP contribution in [0.5, 0.6) is 0 Å². The Balaban J connectivity index is 3.50. The van der Waals surface area contributed by atoms with E-state index in [0.29, 0.717) is 4.47 Å². The zero-order valence-corrected chi connectivity index (χ0v) is 10.5. The summed E-state index contributed by atoms with van der Waals surface area (Å²) in [5.74, 6) is -0.594. The summed E-state index contributed by atoms with van der Waals surface area (Å²) in [5, 5.41) is 0. The van der Waals surface area contributed by atoms with Crippen molar-refractivity contribution in [3.05, 3.63) is 26.9 Å².